The maximum Gasteiger partial charge on any atom is 0.267 e. The normalized spacial score (nSPS) is 10.8. The monoisotopic (exact) mass is 333 g/mol. The molecular formula is C21H23N3O. The summed E-state index contributed by atoms with van der Waals surface area (Å²) in [5.41, 5.74) is 4.18. The van der Waals surface area contributed by atoms with Crippen molar-refractivity contribution in [1.29, 1.82) is 5.26 Å². The first kappa shape index (κ1) is 18.3. The average Bonchev–Trinajstić information content (AvgIpc) is 2.61. The van der Waals surface area contributed by atoms with Crippen LogP contribution in [0, 0.1) is 25.2 Å². The molecule has 0 aliphatic rings. The SMILES string of the molecule is Cc1ccc(NC(=O)/C(C#N)=C\NCCCc2ccccc2)c(C)c1. The number of carbonyl (C=O) groups is 1. The lowest BCUT2D eigenvalue weighted by Crippen LogP contribution is -2.18. The van der Waals surface area contributed by atoms with E-state index in [1.807, 2.05) is 56.3 Å². The van der Waals surface area contributed by atoms with E-state index in [0.29, 0.717) is 6.54 Å². The van der Waals surface area contributed by atoms with E-state index in [1.165, 1.54) is 11.8 Å². The fraction of sp³-hybridized carbons (Fsp3) is 0.238. The summed E-state index contributed by atoms with van der Waals surface area (Å²) in [6.45, 7) is 4.63. The molecule has 4 nitrogen and oxygen atoms in total. The van der Waals surface area contributed by atoms with Crippen LogP contribution in [0.25, 0.3) is 0 Å². The molecule has 2 aromatic carbocycles. The number of anilines is 1. The van der Waals surface area contributed by atoms with E-state index in [0.717, 1.165) is 29.7 Å². The summed E-state index contributed by atoms with van der Waals surface area (Å²) in [7, 11) is 0. The lowest BCUT2D eigenvalue weighted by Gasteiger charge is -2.09. The van der Waals surface area contributed by atoms with E-state index in [9.17, 15) is 10.1 Å². The van der Waals surface area contributed by atoms with Crippen molar-refractivity contribution >= 4 is 11.6 Å². The Labute approximate surface area is 149 Å². The lowest BCUT2D eigenvalue weighted by molar-refractivity contribution is -0.112. The second-order valence-electron chi connectivity index (χ2n) is 5.99. The summed E-state index contributed by atoms with van der Waals surface area (Å²) < 4.78 is 0. The maximum absolute atomic E-state index is 12.2. The smallest absolute Gasteiger partial charge is 0.267 e. The summed E-state index contributed by atoms with van der Waals surface area (Å²) >= 11 is 0. The first-order valence-electron chi connectivity index (χ1n) is 8.36. The van der Waals surface area contributed by atoms with E-state index in [1.54, 1.807) is 0 Å². The molecule has 128 valence electrons. The Kier molecular flexibility index (Phi) is 6.79. The predicted octanol–water partition coefficient (Wildman–Crippen LogP) is 3.87. The Morgan fingerprint density at radius 1 is 1.16 bits per heavy atom. The molecule has 0 saturated carbocycles. The maximum atomic E-state index is 12.2. The van der Waals surface area contributed by atoms with Gasteiger partial charge in [0.05, 0.1) is 0 Å². The average molecular weight is 333 g/mol. The topological polar surface area (TPSA) is 64.9 Å². The molecule has 0 aliphatic heterocycles. The number of nitrogens with zero attached hydrogens (tertiary/aromatic N) is 1. The van der Waals surface area contributed by atoms with Crippen molar-refractivity contribution in [2.24, 2.45) is 0 Å². The van der Waals surface area contributed by atoms with Crippen molar-refractivity contribution in [2.75, 3.05) is 11.9 Å². The van der Waals surface area contributed by atoms with Crippen LogP contribution in [-0.2, 0) is 11.2 Å². The minimum atomic E-state index is -0.398. The third-order valence-electron chi connectivity index (χ3n) is 3.87. The standard InChI is InChI=1S/C21H23N3O/c1-16-10-11-20(17(2)13-16)24-21(25)19(14-22)15-23-12-6-9-18-7-4-3-5-8-18/h3-5,7-8,10-11,13,15,23H,6,9,12H2,1-2H3,(H,24,25)/b19-15-. The molecule has 0 bridgehead atoms. The molecule has 0 atom stereocenters. The summed E-state index contributed by atoms with van der Waals surface area (Å²) in [5.74, 6) is -0.398. The van der Waals surface area contributed by atoms with Crippen molar-refractivity contribution in [3.8, 4) is 6.07 Å². The van der Waals surface area contributed by atoms with Gasteiger partial charge in [-0.1, -0.05) is 48.0 Å². The fourth-order valence-corrected chi connectivity index (χ4v) is 2.51. The van der Waals surface area contributed by atoms with Crippen LogP contribution in [0.3, 0.4) is 0 Å². The molecule has 2 N–H and O–H groups in total. The first-order chi connectivity index (χ1) is 12.1. The second kappa shape index (κ2) is 9.29. The number of nitriles is 1. The van der Waals surface area contributed by atoms with E-state index in [-0.39, 0.29) is 5.57 Å². The fourth-order valence-electron chi connectivity index (χ4n) is 2.51. The molecule has 0 heterocycles. The minimum Gasteiger partial charge on any atom is -0.390 e. The summed E-state index contributed by atoms with van der Waals surface area (Å²) in [4.78, 5) is 12.2. The highest BCUT2D eigenvalue weighted by atomic mass is 16.1. The Morgan fingerprint density at radius 3 is 2.60 bits per heavy atom. The zero-order valence-corrected chi connectivity index (χ0v) is 14.7. The summed E-state index contributed by atoms with van der Waals surface area (Å²) in [6, 6.07) is 17.9. The lowest BCUT2D eigenvalue weighted by atomic mass is 10.1. The first-order valence-corrected chi connectivity index (χ1v) is 8.36. The van der Waals surface area contributed by atoms with Crippen LogP contribution in [0.15, 0.2) is 60.3 Å². The van der Waals surface area contributed by atoms with Crippen LogP contribution in [0.2, 0.25) is 0 Å². The van der Waals surface area contributed by atoms with Crippen LogP contribution in [0.4, 0.5) is 5.69 Å². The molecule has 0 fully saturated rings. The summed E-state index contributed by atoms with van der Waals surface area (Å²) in [5, 5.41) is 15.0. The minimum absolute atomic E-state index is 0.0692. The van der Waals surface area contributed by atoms with Gasteiger partial charge in [-0.05, 0) is 43.9 Å². The Balaban J connectivity index is 1.84. The van der Waals surface area contributed by atoms with E-state index in [4.69, 9.17) is 0 Å². The van der Waals surface area contributed by atoms with Gasteiger partial charge < -0.3 is 10.6 Å². The van der Waals surface area contributed by atoms with Gasteiger partial charge in [-0.25, -0.2) is 0 Å². The predicted molar refractivity (Wildman–Crippen MR) is 101 cm³/mol. The van der Waals surface area contributed by atoms with Gasteiger partial charge in [0, 0.05) is 18.4 Å². The molecule has 2 rings (SSSR count). The number of aryl methyl sites for hydroxylation is 3. The molecule has 0 aliphatic carbocycles. The number of benzene rings is 2. The highest BCUT2D eigenvalue weighted by Crippen LogP contribution is 2.16. The van der Waals surface area contributed by atoms with Gasteiger partial charge in [-0.15, -0.1) is 0 Å². The highest BCUT2D eigenvalue weighted by Gasteiger charge is 2.10. The van der Waals surface area contributed by atoms with Crippen molar-refractivity contribution in [3.63, 3.8) is 0 Å². The van der Waals surface area contributed by atoms with Gasteiger partial charge in [-0.2, -0.15) is 5.26 Å². The van der Waals surface area contributed by atoms with E-state index < -0.39 is 5.91 Å². The van der Waals surface area contributed by atoms with Crippen LogP contribution in [-0.4, -0.2) is 12.5 Å². The van der Waals surface area contributed by atoms with Gasteiger partial charge in [0.25, 0.3) is 5.91 Å². The van der Waals surface area contributed by atoms with E-state index in [2.05, 4.69) is 22.8 Å². The van der Waals surface area contributed by atoms with Crippen LogP contribution in [0.5, 0.6) is 0 Å². The molecule has 2 aromatic rings. The molecule has 0 spiro atoms. The van der Waals surface area contributed by atoms with Crippen LogP contribution >= 0.6 is 0 Å². The molecule has 0 unspecified atom stereocenters. The van der Waals surface area contributed by atoms with Gasteiger partial charge >= 0.3 is 0 Å². The molecule has 25 heavy (non-hydrogen) atoms. The zero-order valence-electron chi connectivity index (χ0n) is 14.7. The summed E-state index contributed by atoms with van der Waals surface area (Å²) in [6.07, 6.45) is 3.38. The van der Waals surface area contributed by atoms with Crippen LogP contribution in [0.1, 0.15) is 23.1 Å². The largest absolute Gasteiger partial charge is 0.390 e. The third-order valence-corrected chi connectivity index (χ3v) is 3.87. The number of hydrogen-bond donors (Lipinski definition) is 2. The Morgan fingerprint density at radius 2 is 1.92 bits per heavy atom. The number of hydrogen-bond acceptors (Lipinski definition) is 3. The second-order valence-corrected chi connectivity index (χ2v) is 5.99. The molecule has 0 radical (unpaired) electrons. The van der Waals surface area contributed by atoms with E-state index >= 15 is 0 Å². The van der Waals surface area contributed by atoms with Crippen molar-refractivity contribution in [3.05, 3.63) is 77.0 Å². The van der Waals surface area contributed by atoms with Gasteiger partial charge in [0.1, 0.15) is 11.6 Å². The quantitative estimate of drug-likeness (QED) is 0.459. The highest BCUT2D eigenvalue weighted by molar-refractivity contribution is 6.06. The Bertz CT molecular complexity index is 789. The molecule has 1 amide bonds. The van der Waals surface area contributed by atoms with Crippen molar-refractivity contribution in [2.45, 2.75) is 26.7 Å². The molecule has 0 aromatic heterocycles. The molecular weight excluding hydrogens is 310 g/mol. The number of amides is 1. The number of nitrogens with one attached hydrogen (secondary N) is 2. The molecule has 0 saturated heterocycles. The van der Waals surface area contributed by atoms with Gasteiger partial charge in [0.2, 0.25) is 0 Å². The van der Waals surface area contributed by atoms with Crippen molar-refractivity contribution in [1.82, 2.24) is 5.32 Å². The number of rotatable bonds is 7. The molecule has 4 heteroatoms. The van der Waals surface area contributed by atoms with Gasteiger partial charge in [0.15, 0.2) is 0 Å². The zero-order chi connectivity index (χ0) is 18.1. The third kappa shape index (κ3) is 5.82. The van der Waals surface area contributed by atoms with Crippen LogP contribution < -0.4 is 10.6 Å². The number of carbonyl (C=O) groups excluding carboxylic acids is 1. The van der Waals surface area contributed by atoms with Gasteiger partial charge in [-0.3, -0.25) is 4.79 Å². The van der Waals surface area contributed by atoms with Crippen molar-refractivity contribution < 1.29 is 4.79 Å². The Hall–Kier alpha value is -3.06.